The fourth-order valence-electron chi connectivity index (χ4n) is 3.50. The van der Waals surface area contributed by atoms with E-state index in [-0.39, 0.29) is 0 Å². The molecule has 1 aromatic heterocycles. The van der Waals surface area contributed by atoms with Crippen LogP contribution >= 0.6 is 0 Å². The lowest BCUT2D eigenvalue weighted by atomic mass is 9.99. The predicted octanol–water partition coefficient (Wildman–Crippen LogP) is 4.13. The van der Waals surface area contributed by atoms with Gasteiger partial charge in [-0.05, 0) is 77.0 Å². The van der Waals surface area contributed by atoms with E-state index < -0.39 is 0 Å². The van der Waals surface area contributed by atoms with Crippen molar-refractivity contribution >= 4 is 23.0 Å². The van der Waals surface area contributed by atoms with Crippen molar-refractivity contribution in [3.05, 3.63) is 36.2 Å². The van der Waals surface area contributed by atoms with Gasteiger partial charge >= 0.3 is 0 Å². The standard InChI is InChI=1S/C22H34N6/c1-17-10-14-28(15-11-17)20-8-6-19(7-9-20)26-22-16-21(24-18(2)25-22)23-12-5-13-27(3)4/h6-9,16-17H,5,10-15H2,1-4H3,(H2,23,24,25,26). The first kappa shape index (κ1) is 20.4. The highest BCUT2D eigenvalue weighted by Crippen LogP contribution is 2.25. The summed E-state index contributed by atoms with van der Waals surface area (Å²) in [5, 5.41) is 6.81. The molecular weight excluding hydrogens is 348 g/mol. The minimum atomic E-state index is 0.763. The summed E-state index contributed by atoms with van der Waals surface area (Å²) in [5.74, 6) is 3.30. The van der Waals surface area contributed by atoms with Crippen LogP contribution in [-0.2, 0) is 0 Å². The first-order valence-electron chi connectivity index (χ1n) is 10.4. The van der Waals surface area contributed by atoms with Gasteiger partial charge < -0.3 is 20.4 Å². The molecule has 2 heterocycles. The fourth-order valence-corrected chi connectivity index (χ4v) is 3.50. The molecule has 0 saturated carbocycles. The van der Waals surface area contributed by atoms with Gasteiger partial charge in [-0.1, -0.05) is 6.92 Å². The number of anilines is 4. The van der Waals surface area contributed by atoms with Crippen LogP contribution in [-0.4, -0.2) is 55.1 Å². The van der Waals surface area contributed by atoms with Gasteiger partial charge in [-0.25, -0.2) is 9.97 Å². The fraction of sp³-hybridized carbons (Fsp3) is 0.545. The van der Waals surface area contributed by atoms with E-state index in [0.29, 0.717) is 0 Å². The Hall–Kier alpha value is -2.34. The molecule has 28 heavy (non-hydrogen) atoms. The van der Waals surface area contributed by atoms with Crippen LogP contribution in [0.5, 0.6) is 0 Å². The number of aryl methyl sites for hydroxylation is 1. The maximum atomic E-state index is 4.53. The van der Waals surface area contributed by atoms with Crippen LogP contribution in [0, 0.1) is 12.8 Å². The number of aromatic nitrogens is 2. The Bertz CT molecular complexity index is 735. The van der Waals surface area contributed by atoms with E-state index in [2.05, 4.69) is 75.7 Å². The number of benzene rings is 1. The Morgan fingerprint density at radius 2 is 1.75 bits per heavy atom. The van der Waals surface area contributed by atoms with Crippen molar-refractivity contribution in [1.29, 1.82) is 0 Å². The zero-order chi connectivity index (χ0) is 19.9. The van der Waals surface area contributed by atoms with Gasteiger partial charge in [0, 0.05) is 37.1 Å². The van der Waals surface area contributed by atoms with E-state index in [4.69, 9.17) is 0 Å². The Balaban J connectivity index is 1.58. The van der Waals surface area contributed by atoms with Crippen LogP contribution in [0.3, 0.4) is 0 Å². The smallest absolute Gasteiger partial charge is 0.136 e. The van der Waals surface area contributed by atoms with Crippen molar-refractivity contribution in [2.75, 3.05) is 55.8 Å². The second-order valence-corrected chi connectivity index (χ2v) is 8.11. The lowest BCUT2D eigenvalue weighted by molar-refractivity contribution is 0.405. The summed E-state index contributed by atoms with van der Waals surface area (Å²) in [6.45, 7) is 8.54. The highest BCUT2D eigenvalue weighted by atomic mass is 15.1. The third-order valence-corrected chi connectivity index (χ3v) is 5.21. The second-order valence-electron chi connectivity index (χ2n) is 8.11. The first-order chi connectivity index (χ1) is 13.5. The van der Waals surface area contributed by atoms with Gasteiger partial charge in [-0.15, -0.1) is 0 Å². The molecule has 6 heteroatoms. The Kier molecular flexibility index (Phi) is 7.09. The molecule has 0 unspecified atom stereocenters. The van der Waals surface area contributed by atoms with E-state index in [9.17, 15) is 0 Å². The van der Waals surface area contributed by atoms with Crippen molar-refractivity contribution in [1.82, 2.24) is 14.9 Å². The predicted molar refractivity (Wildman–Crippen MR) is 119 cm³/mol. The van der Waals surface area contributed by atoms with Crippen LogP contribution < -0.4 is 15.5 Å². The molecular formula is C22H34N6. The van der Waals surface area contributed by atoms with E-state index in [1.54, 1.807) is 0 Å². The van der Waals surface area contributed by atoms with Gasteiger partial charge in [0.05, 0.1) is 0 Å². The van der Waals surface area contributed by atoms with Gasteiger partial charge in [-0.2, -0.15) is 0 Å². The number of hydrogen-bond acceptors (Lipinski definition) is 6. The molecule has 0 bridgehead atoms. The van der Waals surface area contributed by atoms with Gasteiger partial charge in [0.1, 0.15) is 17.5 Å². The molecule has 2 N–H and O–H groups in total. The second kappa shape index (κ2) is 9.73. The normalized spacial score (nSPS) is 15.1. The number of rotatable bonds is 8. The first-order valence-corrected chi connectivity index (χ1v) is 10.4. The summed E-state index contributed by atoms with van der Waals surface area (Å²) in [5.41, 5.74) is 2.35. The minimum Gasteiger partial charge on any atom is -0.372 e. The molecule has 1 saturated heterocycles. The number of nitrogens with zero attached hydrogens (tertiary/aromatic N) is 4. The minimum absolute atomic E-state index is 0.763. The van der Waals surface area contributed by atoms with Crippen molar-refractivity contribution < 1.29 is 0 Å². The molecule has 0 spiro atoms. The largest absolute Gasteiger partial charge is 0.372 e. The highest BCUT2D eigenvalue weighted by Gasteiger charge is 2.15. The SMILES string of the molecule is Cc1nc(NCCCN(C)C)cc(Nc2ccc(N3CCC(C)CC3)cc2)n1. The van der Waals surface area contributed by atoms with Crippen molar-refractivity contribution in [3.63, 3.8) is 0 Å². The molecule has 0 radical (unpaired) electrons. The van der Waals surface area contributed by atoms with Crippen LogP contribution in [0.15, 0.2) is 30.3 Å². The van der Waals surface area contributed by atoms with Crippen LogP contribution in [0.25, 0.3) is 0 Å². The Morgan fingerprint density at radius 3 is 2.43 bits per heavy atom. The van der Waals surface area contributed by atoms with Crippen LogP contribution in [0.4, 0.5) is 23.0 Å². The topological polar surface area (TPSA) is 56.3 Å². The average Bonchev–Trinajstić information content (AvgIpc) is 2.66. The summed E-state index contributed by atoms with van der Waals surface area (Å²) in [6.07, 6.45) is 3.64. The van der Waals surface area contributed by atoms with E-state index >= 15 is 0 Å². The molecule has 0 amide bonds. The third kappa shape index (κ3) is 6.09. The van der Waals surface area contributed by atoms with Crippen molar-refractivity contribution in [2.45, 2.75) is 33.1 Å². The van der Waals surface area contributed by atoms with Gasteiger partial charge in [0.2, 0.25) is 0 Å². The zero-order valence-corrected chi connectivity index (χ0v) is 17.7. The lowest BCUT2D eigenvalue weighted by Gasteiger charge is -2.32. The van der Waals surface area contributed by atoms with Gasteiger partial charge in [0.15, 0.2) is 0 Å². The monoisotopic (exact) mass is 382 g/mol. The summed E-state index contributed by atoms with van der Waals surface area (Å²) in [7, 11) is 4.18. The summed E-state index contributed by atoms with van der Waals surface area (Å²) in [4.78, 5) is 13.7. The molecule has 1 aliphatic rings. The Morgan fingerprint density at radius 1 is 1.07 bits per heavy atom. The molecule has 3 rings (SSSR count). The molecule has 152 valence electrons. The van der Waals surface area contributed by atoms with Crippen LogP contribution in [0.1, 0.15) is 32.0 Å². The van der Waals surface area contributed by atoms with Gasteiger partial charge in [-0.3, -0.25) is 0 Å². The number of nitrogens with one attached hydrogen (secondary N) is 2. The average molecular weight is 383 g/mol. The van der Waals surface area contributed by atoms with Crippen molar-refractivity contribution in [3.8, 4) is 0 Å². The molecule has 0 atom stereocenters. The summed E-state index contributed by atoms with van der Waals surface area (Å²) >= 11 is 0. The Labute approximate surface area is 169 Å². The molecule has 1 aromatic carbocycles. The van der Waals surface area contributed by atoms with E-state index in [1.165, 1.54) is 18.5 Å². The molecule has 6 nitrogen and oxygen atoms in total. The molecule has 2 aromatic rings. The van der Waals surface area contributed by atoms with Crippen molar-refractivity contribution in [2.24, 2.45) is 5.92 Å². The van der Waals surface area contributed by atoms with E-state index in [0.717, 1.165) is 61.7 Å². The maximum Gasteiger partial charge on any atom is 0.136 e. The molecule has 0 aliphatic carbocycles. The maximum absolute atomic E-state index is 4.53. The number of hydrogen-bond donors (Lipinski definition) is 2. The lowest BCUT2D eigenvalue weighted by Crippen LogP contribution is -2.32. The summed E-state index contributed by atoms with van der Waals surface area (Å²) in [6, 6.07) is 10.6. The van der Waals surface area contributed by atoms with Gasteiger partial charge in [0.25, 0.3) is 0 Å². The summed E-state index contributed by atoms with van der Waals surface area (Å²) < 4.78 is 0. The highest BCUT2D eigenvalue weighted by molar-refractivity contribution is 5.62. The third-order valence-electron chi connectivity index (χ3n) is 5.21. The quantitative estimate of drug-likeness (QED) is 0.670. The molecule has 1 fully saturated rings. The number of piperidine rings is 1. The molecule has 1 aliphatic heterocycles. The van der Waals surface area contributed by atoms with E-state index in [1.807, 2.05) is 13.0 Å². The zero-order valence-electron chi connectivity index (χ0n) is 17.7. The van der Waals surface area contributed by atoms with Crippen LogP contribution in [0.2, 0.25) is 0 Å².